The van der Waals surface area contributed by atoms with E-state index in [-0.39, 0.29) is 11.2 Å². The highest BCUT2D eigenvalue weighted by molar-refractivity contribution is 7.08. The number of fused-ring (bicyclic) bond motifs is 1. The van der Waals surface area contributed by atoms with Crippen LogP contribution in [0.1, 0.15) is 41.7 Å². The maximum absolute atomic E-state index is 12.7. The molecule has 0 aliphatic heterocycles. The van der Waals surface area contributed by atoms with Crippen molar-refractivity contribution in [3.8, 4) is 0 Å². The monoisotopic (exact) mass is 297 g/mol. The van der Waals surface area contributed by atoms with Crippen LogP contribution in [0.3, 0.4) is 0 Å². The molecule has 0 bridgehead atoms. The first-order valence-electron chi connectivity index (χ1n) is 6.69. The third kappa shape index (κ3) is 2.56. The van der Waals surface area contributed by atoms with Gasteiger partial charge in [-0.3, -0.25) is 9.78 Å². The molecule has 5 heteroatoms. The molecule has 4 nitrogen and oxygen atoms in total. The van der Waals surface area contributed by atoms with Crippen LogP contribution in [0.15, 0.2) is 36.5 Å². The summed E-state index contributed by atoms with van der Waals surface area (Å²) in [5.41, 5.74) is 2.08. The van der Waals surface area contributed by atoms with Crippen LogP contribution in [-0.4, -0.2) is 20.4 Å². The summed E-state index contributed by atoms with van der Waals surface area (Å²) in [5, 5.41) is 5.09. The fourth-order valence-corrected chi connectivity index (χ4v) is 3.02. The topological polar surface area (TPSA) is 55.7 Å². The van der Waals surface area contributed by atoms with Crippen molar-refractivity contribution < 1.29 is 4.79 Å². The quantitative estimate of drug-likeness (QED) is 0.678. The molecule has 0 saturated carbocycles. The van der Waals surface area contributed by atoms with Crippen LogP contribution in [0.2, 0.25) is 0 Å². The molecule has 21 heavy (non-hydrogen) atoms. The number of aromatic nitrogens is 3. The Morgan fingerprint density at radius 1 is 1.19 bits per heavy atom. The summed E-state index contributed by atoms with van der Waals surface area (Å²) < 4.78 is 3.96. The van der Waals surface area contributed by atoms with Crippen molar-refractivity contribution in [2.75, 3.05) is 0 Å². The molecule has 1 aromatic carbocycles. The lowest BCUT2D eigenvalue weighted by atomic mass is 9.90. The Morgan fingerprint density at radius 2 is 2.00 bits per heavy atom. The number of carbonyl (C=O) groups is 1. The fraction of sp³-hybridized carbons (Fsp3) is 0.250. The van der Waals surface area contributed by atoms with E-state index in [1.54, 1.807) is 6.20 Å². The molecule has 0 spiro atoms. The van der Waals surface area contributed by atoms with Crippen LogP contribution in [0, 0.1) is 0 Å². The summed E-state index contributed by atoms with van der Waals surface area (Å²) in [6.07, 6.45) is 1.74. The van der Waals surface area contributed by atoms with Crippen molar-refractivity contribution in [1.29, 1.82) is 0 Å². The minimum atomic E-state index is -0.198. The minimum Gasteiger partial charge on any atom is -0.288 e. The van der Waals surface area contributed by atoms with Crippen LogP contribution in [0.4, 0.5) is 0 Å². The third-order valence-corrected chi connectivity index (χ3v) is 3.99. The second kappa shape index (κ2) is 5.00. The molecule has 2 heterocycles. The summed E-state index contributed by atoms with van der Waals surface area (Å²) >= 11 is 1.16. The molecule has 0 aliphatic rings. The average molecular weight is 297 g/mol. The normalized spacial score (nSPS) is 11.8. The molecule has 0 amide bonds. The summed E-state index contributed by atoms with van der Waals surface area (Å²) in [7, 11) is 0. The van der Waals surface area contributed by atoms with Gasteiger partial charge in [-0.05, 0) is 35.8 Å². The van der Waals surface area contributed by atoms with Gasteiger partial charge in [0.05, 0.1) is 11.2 Å². The maximum atomic E-state index is 12.7. The standard InChI is InChI=1S/C16H15N3OS/c1-16(2,3)15-14(21-19-18-15)13(20)11-6-7-12-10(9-11)5-4-8-17-12/h4-9H,1-3H3. The zero-order valence-electron chi connectivity index (χ0n) is 12.1. The van der Waals surface area contributed by atoms with Gasteiger partial charge in [0.2, 0.25) is 5.78 Å². The molecule has 0 fully saturated rings. The van der Waals surface area contributed by atoms with Gasteiger partial charge in [0.1, 0.15) is 4.88 Å². The van der Waals surface area contributed by atoms with E-state index in [0.29, 0.717) is 10.4 Å². The number of rotatable bonds is 2. The van der Waals surface area contributed by atoms with E-state index < -0.39 is 0 Å². The Balaban J connectivity index is 2.07. The first-order valence-corrected chi connectivity index (χ1v) is 7.46. The predicted molar refractivity (Wildman–Crippen MR) is 83.8 cm³/mol. The minimum absolute atomic E-state index is 0.0271. The second-order valence-corrected chi connectivity index (χ2v) is 6.69. The predicted octanol–water partition coefficient (Wildman–Crippen LogP) is 3.61. The third-order valence-electron chi connectivity index (χ3n) is 3.27. The Kier molecular flexibility index (Phi) is 3.29. The lowest BCUT2D eigenvalue weighted by molar-refractivity contribution is 0.104. The largest absolute Gasteiger partial charge is 0.288 e. The van der Waals surface area contributed by atoms with E-state index in [4.69, 9.17) is 0 Å². The van der Waals surface area contributed by atoms with Crippen molar-refractivity contribution in [3.63, 3.8) is 0 Å². The summed E-state index contributed by atoms with van der Waals surface area (Å²) in [6, 6.07) is 9.37. The molecule has 0 atom stereocenters. The molecule has 0 N–H and O–H groups in total. The molecular weight excluding hydrogens is 282 g/mol. The Labute approximate surface area is 127 Å². The van der Waals surface area contributed by atoms with E-state index in [1.165, 1.54) is 0 Å². The van der Waals surface area contributed by atoms with Crippen molar-refractivity contribution >= 4 is 28.2 Å². The van der Waals surface area contributed by atoms with E-state index in [1.807, 2.05) is 51.1 Å². The van der Waals surface area contributed by atoms with Gasteiger partial charge in [-0.2, -0.15) is 0 Å². The van der Waals surface area contributed by atoms with E-state index in [9.17, 15) is 4.79 Å². The molecule has 2 aromatic heterocycles. The lowest BCUT2D eigenvalue weighted by Crippen LogP contribution is -2.16. The first-order chi connectivity index (χ1) is 9.97. The summed E-state index contributed by atoms with van der Waals surface area (Å²) in [5.74, 6) is -0.0271. The fourth-order valence-electron chi connectivity index (χ4n) is 2.18. The van der Waals surface area contributed by atoms with Gasteiger partial charge in [-0.1, -0.05) is 31.3 Å². The Bertz CT molecular complexity index is 818. The number of hydrogen-bond donors (Lipinski definition) is 0. The zero-order valence-corrected chi connectivity index (χ0v) is 12.9. The van der Waals surface area contributed by atoms with Gasteiger partial charge in [0.25, 0.3) is 0 Å². The van der Waals surface area contributed by atoms with Crippen molar-refractivity contribution in [2.45, 2.75) is 26.2 Å². The molecule has 3 aromatic rings. The Morgan fingerprint density at radius 3 is 2.76 bits per heavy atom. The molecular formula is C16H15N3OS. The SMILES string of the molecule is CC(C)(C)c1nnsc1C(=O)c1ccc2ncccc2c1. The van der Waals surface area contributed by atoms with Crippen LogP contribution < -0.4 is 0 Å². The van der Waals surface area contributed by atoms with Gasteiger partial charge in [-0.15, -0.1) is 5.10 Å². The number of carbonyl (C=O) groups excluding carboxylic acids is 1. The van der Waals surface area contributed by atoms with Gasteiger partial charge >= 0.3 is 0 Å². The van der Waals surface area contributed by atoms with Gasteiger partial charge in [-0.25, -0.2) is 0 Å². The first kappa shape index (κ1) is 13.8. The molecule has 0 radical (unpaired) electrons. The summed E-state index contributed by atoms with van der Waals surface area (Å²) in [4.78, 5) is 17.6. The number of nitrogens with zero attached hydrogens (tertiary/aromatic N) is 3. The zero-order chi connectivity index (χ0) is 15.0. The van der Waals surface area contributed by atoms with Crippen LogP contribution in [-0.2, 0) is 5.41 Å². The van der Waals surface area contributed by atoms with E-state index in [2.05, 4.69) is 14.6 Å². The smallest absolute Gasteiger partial charge is 0.206 e. The number of pyridine rings is 1. The van der Waals surface area contributed by atoms with Gasteiger partial charge in [0, 0.05) is 22.6 Å². The average Bonchev–Trinajstić information content (AvgIpc) is 2.95. The van der Waals surface area contributed by atoms with Crippen LogP contribution in [0.25, 0.3) is 10.9 Å². The highest BCUT2D eigenvalue weighted by Crippen LogP contribution is 2.28. The molecule has 3 rings (SSSR count). The number of benzene rings is 1. The number of hydrogen-bond acceptors (Lipinski definition) is 5. The van der Waals surface area contributed by atoms with Gasteiger partial charge in [0.15, 0.2) is 0 Å². The van der Waals surface area contributed by atoms with Crippen molar-refractivity contribution in [3.05, 3.63) is 52.7 Å². The highest BCUT2D eigenvalue weighted by atomic mass is 32.1. The highest BCUT2D eigenvalue weighted by Gasteiger charge is 2.26. The van der Waals surface area contributed by atoms with Crippen molar-refractivity contribution in [2.24, 2.45) is 0 Å². The lowest BCUT2D eigenvalue weighted by Gasteiger charge is -2.15. The Hall–Kier alpha value is -2.14. The van der Waals surface area contributed by atoms with Crippen molar-refractivity contribution in [1.82, 2.24) is 14.6 Å². The second-order valence-electron chi connectivity index (χ2n) is 5.94. The molecule has 0 saturated heterocycles. The molecule has 0 unspecified atom stereocenters. The van der Waals surface area contributed by atoms with E-state index >= 15 is 0 Å². The van der Waals surface area contributed by atoms with Gasteiger partial charge < -0.3 is 0 Å². The number of ketones is 1. The molecule has 0 aliphatic carbocycles. The maximum Gasteiger partial charge on any atom is 0.206 e. The molecule has 106 valence electrons. The summed E-state index contributed by atoms with van der Waals surface area (Å²) in [6.45, 7) is 6.10. The van der Waals surface area contributed by atoms with E-state index in [0.717, 1.165) is 28.1 Å². The van der Waals surface area contributed by atoms with Crippen LogP contribution >= 0.6 is 11.5 Å². The van der Waals surface area contributed by atoms with Crippen LogP contribution in [0.5, 0.6) is 0 Å².